The van der Waals surface area contributed by atoms with Gasteiger partial charge in [0.15, 0.2) is 0 Å². The van der Waals surface area contributed by atoms with E-state index in [0.29, 0.717) is 5.56 Å². The lowest BCUT2D eigenvalue weighted by Crippen LogP contribution is -2.11. The molecule has 0 fully saturated rings. The van der Waals surface area contributed by atoms with Crippen LogP contribution >= 0.6 is 0 Å². The highest BCUT2D eigenvalue weighted by Gasteiger charge is 1.99. The summed E-state index contributed by atoms with van der Waals surface area (Å²) in [6.45, 7) is 4.43. The summed E-state index contributed by atoms with van der Waals surface area (Å²) in [4.78, 5) is 10.9. The number of primary amides is 1. The summed E-state index contributed by atoms with van der Waals surface area (Å²) in [6, 6.07) is 7.14. The van der Waals surface area contributed by atoms with Crippen LogP contribution in [-0.4, -0.2) is 12.5 Å². The molecule has 0 aliphatic carbocycles. The highest BCUT2D eigenvalue weighted by molar-refractivity contribution is 5.93. The molecule has 0 heterocycles. The lowest BCUT2D eigenvalue weighted by molar-refractivity contribution is 0.100. The highest BCUT2D eigenvalue weighted by Crippen LogP contribution is 2.09. The Bertz CT molecular complexity index is 334. The number of nitrogens with one attached hydrogen (secondary N) is 1. The molecule has 0 bridgehead atoms. The van der Waals surface area contributed by atoms with E-state index < -0.39 is 5.91 Å². The molecular weight excluding hydrogens is 176 g/mol. The van der Waals surface area contributed by atoms with Gasteiger partial charge in [-0.25, -0.2) is 0 Å². The summed E-state index contributed by atoms with van der Waals surface area (Å²) in [5, 5.41) is 3.16. The monoisotopic (exact) mass is 190 g/mol. The summed E-state index contributed by atoms with van der Waals surface area (Å²) < 4.78 is 0. The molecule has 1 amide bonds. The van der Waals surface area contributed by atoms with E-state index in [-0.39, 0.29) is 0 Å². The summed E-state index contributed by atoms with van der Waals surface area (Å²) in [6.07, 6.45) is 2.73. The molecule has 3 nitrogen and oxygen atoms in total. The van der Waals surface area contributed by atoms with Gasteiger partial charge in [0.2, 0.25) is 5.91 Å². The minimum atomic E-state index is -0.405. The van der Waals surface area contributed by atoms with E-state index in [1.807, 2.05) is 12.1 Å². The lowest BCUT2D eigenvalue weighted by Gasteiger charge is -2.05. The van der Waals surface area contributed by atoms with Gasteiger partial charge >= 0.3 is 0 Å². The number of nitrogens with two attached hydrogens (primary N) is 1. The number of amides is 1. The van der Waals surface area contributed by atoms with E-state index in [9.17, 15) is 4.79 Å². The second kappa shape index (κ2) is 5.07. The highest BCUT2D eigenvalue weighted by atomic mass is 16.1. The van der Waals surface area contributed by atoms with Crippen molar-refractivity contribution >= 4 is 11.6 Å². The SMILES string of the molecule is C=CCCNc1cccc(C(N)=O)c1. The number of benzene rings is 1. The van der Waals surface area contributed by atoms with Crippen molar-refractivity contribution in [3.63, 3.8) is 0 Å². The average Bonchev–Trinajstić information content (AvgIpc) is 2.19. The van der Waals surface area contributed by atoms with Crippen LogP contribution in [0.2, 0.25) is 0 Å². The van der Waals surface area contributed by atoms with Crippen LogP contribution in [-0.2, 0) is 0 Å². The van der Waals surface area contributed by atoms with Gasteiger partial charge in [-0.1, -0.05) is 12.1 Å². The normalized spacial score (nSPS) is 9.43. The van der Waals surface area contributed by atoms with Crippen molar-refractivity contribution in [2.24, 2.45) is 5.73 Å². The molecule has 0 atom stereocenters. The molecule has 3 heteroatoms. The van der Waals surface area contributed by atoms with Crippen molar-refractivity contribution in [1.82, 2.24) is 0 Å². The van der Waals surface area contributed by atoms with Crippen LogP contribution in [0.4, 0.5) is 5.69 Å². The van der Waals surface area contributed by atoms with Crippen LogP contribution in [0.1, 0.15) is 16.8 Å². The Hall–Kier alpha value is -1.77. The van der Waals surface area contributed by atoms with Gasteiger partial charge in [0, 0.05) is 17.8 Å². The van der Waals surface area contributed by atoms with E-state index in [2.05, 4.69) is 11.9 Å². The molecule has 0 unspecified atom stereocenters. The zero-order valence-corrected chi connectivity index (χ0v) is 7.99. The zero-order valence-electron chi connectivity index (χ0n) is 7.99. The van der Waals surface area contributed by atoms with E-state index in [1.165, 1.54) is 0 Å². The Balaban J connectivity index is 2.63. The fourth-order valence-electron chi connectivity index (χ4n) is 1.10. The number of hydrogen-bond donors (Lipinski definition) is 2. The summed E-state index contributed by atoms with van der Waals surface area (Å²) >= 11 is 0. The molecule has 14 heavy (non-hydrogen) atoms. The Morgan fingerprint density at radius 1 is 1.57 bits per heavy atom. The standard InChI is InChI=1S/C11H14N2O/c1-2-3-7-13-10-6-4-5-9(8-10)11(12)14/h2,4-6,8,13H,1,3,7H2,(H2,12,14). The first-order chi connectivity index (χ1) is 6.74. The Labute approximate surface area is 83.6 Å². The van der Waals surface area contributed by atoms with E-state index in [4.69, 9.17) is 5.73 Å². The fourth-order valence-corrected chi connectivity index (χ4v) is 1.10. The molecule has 0 saturated heterocycles. The molecule has 0 saturated carbocycles. The second-order valence-corrected chi connectivity index (χ2v) is 2.95. The first-order valence-corrected chi connectivity index (χ1v) is 4.48. The van der Waals surface area contributed by atoms with Crippen LogP contribution in [0.5, 0.6) is 0 Å². The molecule has 74 valence electrons. The molecule has 0 aromatic heterocycles. The van der Waals surface area contributed by atoms with Crippen LogP contribution < -0.4 is 11.1 Å². The van der Waals surface area contributed by atoms with E-state index in [1.54, 1.807) is 18.2 Å². The van der Waals surface area contributed by atoms with Gasteiger partial charge in [0.1, 0.15) is 0 Å². The number of anilines is 1. The third kappa shape index (κ3) is 2.94. The third-order valence-corrected chi connectivity index (χ3v) is 1.82. The molecule has 1 aromatic carbocycles. The molecule has 0 aliphatic rings. The van der Waals surface area contributed by atoms with Gasteiger partial charge in [-0.15, -0.1) is 6.58 Å². The Kier molecular flexibility index (Phi) is 3.73. The lowest BCUT2D eigenvalue weighted by atomic mass is 10.2. The largest absolute Gasteiger partial charge is 0.385 e. The third-order valence-electron chi connectivity index (χ3n) is 1.82. The van der Waals surface area contributed by atoms with Crippen molar-refractivity contribution in [3.8, 4) is 0 Å². The van der Waals surface area contributed by atoms with Crippen LogP contribution in [0, 0.1) is 0 Å². The molecule has 1 rings (SSSR count). The predicted molar refractivity (Wildman–Crippen MR) is 58.3 cm³/mol. The van der Waals surface area contributed by atoms with Crippen LogP contribution in [0.3, 0.4) is 0 Å². The van der Waals surface area contributed by atoms with Gasteiger partial charge in [-0.2, -0.15) is 0 Å². The van der Waals surface area contributed by atoms with Crippen molar-refractivity contribution < 1.29 is 4.79 Å². The zero-order chi connectivity index (χ0) is 10.4. The van der Waals surface area contributed by atoms with Gasteiger partial charge in [0.05, 0.1) is 0 Å². The molecule has 0 aliphatic heterocycles. The van der Waals surface area contributed by atoms with Crippen molar-refractivity contribution in [2.75, 3.05) is 11.9 Å². The van der Waals surface area contributed by atoms with Gasteiger partial charge in [-0.05, 0) is 24.6 Å². The number of carbonyl (C=O) groups excluding carboxylic acids is 1. The fraction of sp³-hybridized carbons (Fsp3) is 0.182. The number of rotatable bonds is 5. The molecular formula is C11H14N2O. The quantitative estimate of drug-likeness (QED) is 0.549. The number of hydrogen-bond acceptors (Lipinski definition) is 2. The van der Waals surface area contributed by atoms with Crippen molar-refractivity contribution in [2.45, 2.75) is 6.42 Å². The first kappa shape index (κ1) is 10.3. The van der Waals surface area contributed by atoms with Gasteiger partial charge in [-0.3, -0.25) is 4.79 Å². The van der Waals surface area contributed by atoms with Crippen molar-refractivity contribution in [1.29, 1.82) is 0 Å². The van der Waals surface area contributed by atoms with Gasteiger partial charge < -0.3 is 11.1 Å². The maximum atomic E-state index is 10.9. The summed E-state index contributed by atoms with van der Waals surface area (Å²) in [5.74, 6) is -0.405. The minimum Gasteiger partial charge on any atom is -0.385 e. The van der Waals surface area contributed by atoms with Crippen LogP contribution in [0.15, 0.2) is 36.9 Å². The second-order valence-electron chi connectivity index (χ2n) is 2.95. The molecule has 0 radical (unpaired) electrons. The maximum Gasteiger partial charge on any atom is 0.248 e. The smallest absolute Gasteiger partial charge is 0.248 e. The molecule has 0 spiro atoms. The molecule has 3 N–H and O–H groups in total. The topological polar surface area (TPSA) is 55.1 Å². The number of carbonyl (C=O) groups is 1. The summed E-state index contributed by atoms with van der Waals surface area (Å²) in [7, 11) is 0. The average molecular weight is 190 g/mol. The first-order valence-electron chi connectivity index (χ1n) is 4.48. The summed E-state index contributed by atoms with van der Waals surface area (Å²) in [5.41, 5.74) is 6.58. The van der Waals surface area contributed by atoms with Crippen LogP contribution in [0.25, 0.3) is 0 Å². The molecule has 1 aromatic rings. The van der Waals surface area contributed by atoms with Gasteiger partial charge in [0.25, 0.3) is 0 Å². The maximum absolute atomic E-state index is 10.9. The van der Waals surface area contributed by atoms with E-state index >= 15 is 0 Å². The van der Waals surface area contributed by atoms with E-state index in [0.717, 1.165) is 18.7 Å². The Morgan fingerprint density at radius 3 is 3.00 bits per heavy atom. The predicted octanol–water partition coefficient (Wildman–Crippen LogP) is 1.77. The van der Waals surface area contributed by atoms with Crippen molar-refractivity contribution in [3.05, 3.63) is 42.5 Å². The Morgan fingerprint density at radius 2 is 2.36 bits per heavy atom. The minimum absolute atomic E-state index is 0.405.